The number of amides is 2. The smallest absolute Gasteiger partial charge is 0.231 e. The fraction of sp³-hybridized carbons (Fsp3) is 0.514. The van der Waals surface area contributed by atoms with Crippen LogP contribution in [0.25, 0.3) is 0 Å². The van der Waals surface area contributed by atoms with Crippen LogP contribution < -0.4 is 21.0 Å². The van der Waals surface area contributed by atoms with Crippen molar-refractivity contribution in [1.29, 1.82) is 0 Å². The fourth-order valence-corrected chi connectivity index (χ4v) is 8.73. The number of carbonyl (C=O) groups is 2. The molecule has 2 saturated heterocycles. The van der Waals surface area contributed by atoms with E-state index in [1.165, 1.54) is 17.0 Å². The number of thioether (sulfide) groups is 1. The topological polar surface area (TPSA) is 146 Å². The number of likely N-dealkylation sites (tertiary alicyclic amines) is 1. The Hall–Kier alpha value is -4.01. The first-order valence-corrected chi connectivity index (χ1v) is 18.9. The van der Waals surface area contributed by atoms with Gasteiger partial charge in [0.25, 0.3) is 0 Å². The number of pyridine rings is 1. The molecule has 3 atom stereocenters. The second-order valence-electron chi connectivity index (χ2n) is 13.2. The van der Waals surface area contributed by atoms with Crippen LogP contribution in [0, 0.1) is 5.92 Å². The van der Waals surface area contributed by atoms with Gasteiger partial charge in [-0.25, -0.2) is 4.98 Å². The van der Waals surface area contributed by atoms with E-state index in [2.05, 4.69) is 57.9 Å². The average Bonchev–Trinajstić information content (AvgIpc) is 3.72. The van der Waals surface area contributed by atoms with Crippen molar-refractivity contribution in [1.82, 2.24) is 30.8 Å². The standard InChI is InChI=1S/C35H43N9O4S2/c1-47-27-18-43(19-27)26-12-3-7-22(8-4-13-26)15-30(45)37-34-41-39-32(49-34)23-9-5-10-24(16-23)33-40-42-35(50-33)38-31(46)17-25-11-6-14-29(36-25)44-20-28(21-44)48-2/h3-4,6-7,11-12,14,23-24,27-28,33,40H,5,9-10,13,15-21H2,1-2H3,(H,37,41,45)(H,38,42,46)/b7-3-,26-12+/t8?,23-,24-,33?/m0/s1. The minimum atomic E-state index is -0.140. The maximum Gasteiger partial charge on any atom is 0.231 e. The summed E-state index contributed by atoms with van der Waals surface area (Å²) in [4.78, 5) is 34.9. The molecule has 0 aromatic carbocycles. The lowest BCUT2D eigenvalue weighted by Crippen LogP contribution is -2.52. The van der Waals surface area contributed by atoms with Crippen LogP contribution in [0.1, 0.15) is 55.1 Å². The monoisotopic (exact) mass is 717 g/mol. The fourth-order valence-electron chi connectivity index (χ4n) is 6.76. The summed E-state index contributed by atoms with van der Waals surface area (Å²) < 4.78 is 10.7. The first-order chi connectivity index (χ1) is 24.4. The molecule has 50 heavy (non-hydrogen) atoms. The summed E-state index contributed by atoms with van der Waals surface area (Å²) in [7, 11) is 3.47. The van der Waals surface area contributed by atoms with Crippen molar-refractivity contribution in [3.8, 4) is 0 Å². The molecule has 15 heteroatoms. The Morgan fingerprint density at radius 1 is 1.02 bits per heavy atom. The lowest BCUT2D eigenvalue weighted by atomic mass is 9.81. The number of nitrogens with one attached hydrogen (secondary N) is 3. The van der Waals surface area contributed by atoms with Gasteiger partial charge in [-0.15, -0.1) is 15.9 Å². The van der Waals surface area contributed by atoms with Gasteiger partial charge < -0.3 is 29.9 Å². The van der Waals surface area contributed by atoms with E-state index in [9.17, 15) is 9.59 Å². The van der Waals surface area contributed by atoms with Crippen molar-refractivity contribution in [2.24, 2.45) is 11.0 Å². The summed E-state index contributed by atoms with van der Waals surface area (Å²) in [6, 6.07) is 5.77. The molecule has 0 bridgehead atoms. The molecule has 2 aliphatic carbocycles. The van der Waals surface area contributed by atoms with Crippen molar-refractivity contribution in [3.63, 3.8) is 0 Å². The van der Waals surface area contributed by atoms with E-state index in [1.807, 2.05) is 36.4 Å². The van der Waals surface area contributed by atoms with Gasteiger partial charge in [-0.3, -0.25) is 15.0 Å². The van der Waals surface area contributed by atoms with E-state index >= 15 is 0 Å². The number of amidine groups is 1. The lowest BCUT2D eigenvalue weighted by molar-refractivity contribution is -0.119. The number of ether oxygens (including phenoxy) is 2. The zero-order chi connectivity index (χ0) is 34.5. The molecular weight excluding hydrogens is 675 g/mol. The van der Waals surface area contributed by atoms with Crippen molar-refractivity contribution in [3.05, 3.63) is 70.2 Å². The number of methoxy groups -OCH3 is 2. The molecule has 5 aliphatic rings. The van der Waals surface area contributed by atoms with E-state index in [4.69, 9.17) is 9.47 Å². The Kier molecular flexibility index (Phi) is 11.0. The molecule has 13 nitrogen and oxygen atoms in total. The summed E-state index contributed by atoms with van der Waals surface area (Å²) in [5, 5.41) is 21.2. The molecule has 5 heterocycles. The van der Waals surface area contributed by atoms with Gasteiger partial charge in [-0.1, -0.05) is 47.7 Å². The summed E-state index contributed by atoms with van der Waals surface area (Å²) in [5.41, 5.74) is 9.31. The van der Waals surface area contributed by atoms with Gasteiger partial charge in [0.1, 0.15) is 10.8 Å². The SMILES string of the molecule is COC1CN(/C2=C/C=C\C(CC(=O)Nc3nnc([C@H]4CCC[C@H](C5NN=C(NC(=O)Cc6cccc(N7CC(OC)C7)n6)S5)C4)s3)=C=CC2)C1. The minimum absolute atomic E-state index is 0.0686. The maximum atomic E-state index is 12.9. The van der Waals surface area contributed by atoms with Crippen LogP contribution in [-0.2, 0) is 25.5 Å². The summed E-state index contributed by atoms with van der Waals surface area (Å²) in [6.07, 6.45) is 13.8. The molecule has 1 unspecified atom stereocenters. The Labute approximate surface area is 300 Å². The van der Waals surface area contributed by atoms with Crippen molar-refractivity contribution in [2.45, 2.75) is 68.4 Å². The first kappa shape index (κ1) is 34.4. The number of allylic oxidation sites excluding steroid dienone is 4. The average molecular weight is 718 g/mol. The molecule has 0 spiro atoms. The third kappa shape index (κ3) is 8.47. The highest BCUT2D eigenvalue weighted by atomic mass is 32.2. The predicted molar refractivity (Wildman–Crippen MR) is 195 cm³/mol. The van der Waals surface area contributed by atoms with Crippen molar-refractivity contribution < 1.29 is 19.1 Å². The Morgan fingerprint density at radius 2 is 1.82 bits per heavy atom. The number of carbonyl (C=O) groups excluding carboxylic acids is 2. The molecule has 1 saturated carbocycles. The number of aromatic nitrogens is 3. The van der Waals surface area contributed by atoms with Crippen molar-refractivity contribution >= 4 is 51.0 Å². The van der Waals surface area contributed by atoms with Crippen LogP contribution in [-0.4, -0.2) is 95.0 Å². The van der Waals surface area contributed by atoms with E-state index < -0.39 is 0 Å². The zero-order valence-electron chi connectivity index (χ0n) is 28.3. The van der Waals surface area contributed by atoms with Gasteiger partial charge in [0.15, 0.2) is 5.17 Å². The van der Waals surface area contributed by atoms with Crippen LogP contribution in [0.15, 0.2) is 64.6 Å². The first-order valence-electron chi connectivity index (χ1n) is 17.2. The van der Waals surface area contributed by atoms with E-state index in [-0.39, 0.29) is 42.1 Å². The number of anilines is 2. The maximum absolute atomic E-state index is 12.9. The third-order valence-electron chi connectivity index (χ3n) is 9.72. The Balaban J connectivity index is 0.849. The number of hydrazone groups is 1. The largest absolute Gasteiger partial charge is 0.378 e. The number of hydrogen-bond acceptors (Lipinski definition) is 13. The van der Waals surface area contributed by atoms with Gasteiger partial charge in [-0.05, 0) is 49.5 Å². The van der Waals surface area contributed by atoms with E-state index in [0.29, 0.717) is 22.3 Å². The Morgan fingerprint density at radius 3 is 2.64 bits per heavy atom. The lowest BCUT2D eigenvalue weighted by Gasteiger charge is -2.41. The van der Waals surface area contributed by atoms with Crippen LogP contribution in [0.2, 0.25) is 0 Å². The second kappa shape index (κ2) is 15.9. The molecule has 3 aliphatic heterocycles. The molecule has 2 aromatic rings. The highest BCUT2D eigenvalue weighted by molar-refractivity contribution is 8.14. The molecule has 2 amide bonds. The zero-order valence-corrected chi connectivity index (χ0v) is 30.0. The highest BCUT2D eigenvalue weighted by Crippen LogP contribution is 2.42. The number of nitrogens with zero attached hydrogens (tertiary/aromatic N) is 6. The second-order valence-corrected chi connectivity index (χ2v) is 15.4. The molecule has 7 rings (SSSR count). The predicted octanol–water partition coefficient (Wildman–Crippen LogP) is 3.92. The minimum Gasteiger partial charge on any atom is -0.378 e. The highest BCUT2D eigenvalue weighted by Gasteiger charge is 2.35. The molecule has 0 radical (unpaired) electrons. The molecule has 3 fully saturated rings. The van der Waals surface area contributed by atoms with Crippen molar-refractivity contribution in [2.75, 3.05) is 50.6 Å². The van der Waals surface area contributed by atoms with E-state index in [0.717, 1.165) is 80.4 Å². The quantitative estimate of drug-likeness (QED) is 0.291. The van der Waals surface area contributed by atoms with Crippen LogP contribution in [0.4, 0.5) is 10.9 Å². The normalized spacial score (nSPS) is 25.6. The van der Waals surface area contributed by atoms with Gasteiger partial charge in [0.2, 0.25) is 16.9 Å². The van der Waals surface area contributed by atoms with E-state index in [1.54, 1.807) is 26.0 Å². The van der Waals surface area contributed by atoms with Gasteiger partial charge in [-0.2, -0.15) is 5.10 Å². The summed E-state index contributed by atoms with van der Waals surface area (Å²) in [5.74, 6) is 1.20. The molecule has 2 aromatic heterocycles. The van der Waals surface area contributed by atoms with Gasteiger partial charge in [0.05, 0.1) is 36.1 Å². The molecular formula is C35H43N9O4S2. The van der Waals surface area contributed by atoms with Crippen LogP contribution >= 0.6 is 23.1 Å². The summed E-state index contributed by atoms with van der Waals surface area (Å²) >= 11 is 3.02. The molecule has 3 N–H and O–H groups in total. The van der Waals surface area contributed by atoms with Crippen LogP contribution in [0.5, 0.6) is 0 Å². The van der Waals surface area contributed by atoms with Gasteiger partial charge in [0, 0.05) is 64.0 Å². The summed E-state index contributed by atoms with van der Waals surface area (Å²) in [6.45, 7) is 3.43. The van der Waals surface area contributed by atoms with Crippen LogP contribution in [0.3, 0.4) is 0 Å². The Bertz CT molecular complexity index is 1720. The van der Waals surface area contributed by atoms with Gasteiger partial charge >= 0.3 is 0 Å². The number of hydrogen-bond donors (Lipinski definition) is 3. The number of rotatable bonds is 11. The molecule has 264 valence electrons. The third-order valence-corrected chi connectivity index (χ3v) is 11.9.